The van der Waals surface area contributed by atoms with E-state index in [4.69, 9.17) is 4.52 Å². The molecular formula is C23H27FN8O3. The van der Waals surface area contributed by atoms with E-state index in [1.807, 2.05) is 20.8 Å². The van der Waals surface area contributed by atoms with E-state index >= 15 is 0 Å². The molecule has 0 unspecified atom stereocenters. The van der Waals surface area contributed by atoms with E-state index in [9.17, 15) is 14.0 Å². The molecule has 11 nitrogen and oxygen atoms in total. The van der Waals surface area contributed by atoms with Crippen LogP contribution in [0, 0.1) is 12.7 Å². The van der Waals surface area contributed by atoms with Gasteiger partial charge in [0.25, 0.3) is 0 Å². The van der Waals surface area contributed by atoms with Crippen LogP contribution in [0.5, 0.6) is 0 Å². The molecular weight excluding hydrogens is 455 g/mol. The number of benzene rings is 1. The van der Waals surface area contributed by atoms with Gasteiger partial charge in [-0.2, -0.15) is 4.98 Å². The monoisotopic (exact) mass is 482 g/mol. The largest absolute Gasteiger partial charge is 0.359 e. The number of nitrogens with zero attached hydrogens (tertiary/aromatic N) is 5. The normalized spacial score (nSPS) is 13.5. The van der Waals surface area contributed by atoms with Gasteiger partial charge in [-0.3, -0.25) is 15.1 Å². The molecule has 3 aromatic rings. The molecule has 0 fully saturated rings. The summed E-state index contributed by atoms with van der Waals surface area (Å²) in [5, 5.41) is 11.7. The van der Waals surface area contributed by atoms with E-state index in [-0.39, 0.29) is 29.5 Å². The van der Waals surface area contributed by atoms with Gasteiger partial charge in [-0.15, -0.1) is 0 Å². The van der Waals surface area contributed by atoms with Gasteiger partial charge < -0.3 is 15.2 Å². The molecule has 12 heteroatoms. The molecule has 4 rings (SSSR count). The second-order valence-corrected chi connectivity index (χ2v) is 9.24. The quantitative estimate of drug-likeness (QED) is 0.500. The molecule has 0 atom stereocenters. The minimum absolute atomic E-state index is 0.0920. The predicted octanol–water partition coefficient (Wildman–Crippen LogP) is 4.47. The third-order valence-corrected chi connectivity index (χ3v) is 5.54. The third-order valence-electron chi connectivity index (χ3n) is 5.54. The molecule has 1 aliphatic heterocycles. The number of rotatable bonds is 4. The zero-order chi connectivity index (χ0) is 25.5. The van der Waals surface area contributed by atoms with Crippen LogP contribution in [0.1, 0.15) is 37.7 Å². The van der Waals surface area contributed by atoms with Crippen LogP contribution in [0.25, 0.3) is 0 Å². The fraction of sp³-hybridized carbons (Fsp3) is 0.348. The number of carbonyl (C=O) groups is 2. The summed E-state index contributed by atoms with van der Waals surface area (Å²) in [6, 6.07) is 3.25. The second kappa shape index (κ2) is 8.85. The molecule has 1 aromatic carbocycles. The highest BCUT2D eigenvalue weighted by molar-refractivity contribution is 6.06. The molecule has 0 bridgehead atoms. The zero-order valence-electron chi connectivity index (χ0n) is 20.4. The SMILES string of the molecule is CNc1ncc2c(n1)N(C)C(=O)N(c1cc(NC(=O)Nc3cc(C(C)(C)C)on3)c(F)cc1C)C2. The Labute approximate surface area is 201 Å². The van der Waals surface area contributed by atoms with Gasteiger partial charge in [0.15, 0.2) is 5.82 Å². The van der Waals surface area contributed by atoms with Crippen LogP contribution in [0.4, 0.5) is 42.9 Å². The molecule has 1 aliphatic rings. The maximum absolute atomic E-state index is 14.7. The van der Waals surface area contributed by atoms with E-state index in [2.05, 4.69) is 31.1 Å². The summed E-state index contributed by atoms with van der Waals surface area (Å²) in [5.74, 6) is 1.04. The highest BCUT2D eigenvalue weighted by atomic mass is 19.1. The van der Waals surface area contributed by atoms with Crippen molar-refractivity contribution in [2.75, 3.05) is 39.8 Å². The number of hydrogen-bond donors (Lipinski definition) is 3. The average Bonchev–Trinajstić information content (AvgIpc) is 3.27. The minimum atomic E-state index is -0.701. The summed E-state index contributed by atoms with van der Waals surface area (Å²) >= 11 is 0. The summed E-state index contributed by atoms with van der Waals surface area (Å²) in [6.07, 6.45) is 1.64. The van der Waals surface area contributed by atoms with Gasteiger partial charge in [0.1, 0.15) is 17.4 Å². The topological polar surface area (TPSA) is 129 Å². The van der Waals surface area contributed by atoms with Gasteiger partial charge in [0.05, 0.1) is 17.9 Å². The van der Waals surface area contributed by atoms with Crippen molar-refractivity contribution in [3.05, 3.63) is 47.1 Å². The molecule has 4 amide bonds. The van der Waals surface area contributed by atoms with Crippen LogP contribution >= 0.6 is 0 Å². The van der Waals surface area contributed by atoms with E-state index < -0.39 is 11.8 Å². The number of hydrogen-bond acceptors (Lipinski definition) is 7. The fourth-order valence-electron chi connectivity index (χ4n) is 3.62. The summed E-state index contributed by atoms with van der Waals surface area (Å²) in [5.41, 5.74) is 1.32. The van der Waals surface area contributed by atoms with Crippen LogP contribution in [-0.2, 0) is 12.0 Å². The van der Waals surface area contributed by atoms with Crippen molar-refractivity contribution in [1.29, 1.82) is 0 Å². The van der Waals surface area contributed by atoms with Crippen LogP contribution < -0.4 is 25.8 Å². The lowest BCUT2D eigenvalue weighted by Gasteiger charge is -2.35. The van der Waals surface area contributed by atoms with Crippen molar-refractivity contribution in [2.45, 2.75) is 39.7 Å². The standard InChI is InChI=1S/C23H27FN8O3/c1-12-7-14(24)15(27-21(33)28-18-9-17(35-30-18)23(2,3)4)8-16(12)32-11-13-10-26-20(25-5)29-19(13)31(6)22(32)34/h7-10H,11H2,1-6H3,(H,25,26,29)(H2,27,28,30,33). The van der Waals surface area contributed by atoms with E-state index in [1.54, 1.807) is 33.3 Å². The number of nitrogens with one attached hydrogen (secondary N) is 3. The van der Waals surface area contributed by atoms with Crippen molar-refractivity contribution in [3.63, 3.8) is 0 Å². The van der Waals surface area contributed by atoms with Gasteiger partial charge in [0.2, 0.25) is 5.95 Å². The van der Waals surface area contributed by atoms with Crippen molar-refractivity contribution in [1.82, 2.24) is 15.1 Å². The number of carbonyl (C=O) groups excluding carboxylic acids is 2. The van der Waals surface area contributed by atoms with Crippen LogP contribution in [0.15, 0.2) is 28.9 Å². The summed E-state index contributed by atoms with van der Waals surface area (Å²) < 4.78 is 20.0. The van der Waals surface area contributed by atoms with E-state index in [0.717, 1.165) is 5.56 Å². The van der Waals surface area contributed by atoms with Crippen molar-refractivity contribution in [3.8, 4) is 0 Å². The molecule has 0 saturated carbocycles. The number of urea groups is 2. The number of aromatic nitrogens is 3. The first-order chi connectivity index (χ1) is 16.5. The fourth-order valence-corrected chi connectivity index (χ4v) is 3.62. The highest BCUT2D eigenvalue weighted by Gasteiger charge is 2.32. The Hall–Kier alpha value is -4.22. The lowest BCUT2D eigenvalue weighted by molar-refractivity contribution is 0.251. The van der Waals surface area contributed by atoms with Crippen LogP contribution in [-0.4, -0.2) is 41.3 Å². The Bertz CT molecular complexity index is 1300. The molecule has 3 heterocycles. The Morgan fingerprint density at radius 1 is 1.20 bits per heavy atom. The van der Waals surface area contributed by atoms with E-state index in [0.29, 0.717) is 28.8 Å². The zero-order valence-corrected chi connectivity index (χ0v) is 20.4. The lowest BCUT2D eigenvalue weighted by atomic mass is 9.93. The first kappa shape index (κ1) is 23.9. The Morgan fingerprint density at radius 3 is 2.60 bits per heavy atom. The number of amides is 4. The Balaban J connectivity index is 1.57. The molecule has 0 aliphatic carbocycles. The van der Waals surface area contributed by atoms with Crippen molar-refractivity contribution < 1.29 is 18.5 Å². The number of anilines is 5. The molecule has 0 saturated heterocycles. The third kappa shape index (κ3) is 4.72. The second-order valence-electron chi connectivity index (χ2n) is 9.24. The summed E-state index contributed by atoms with van der Waals surface area (Å²) in [6.45, 7) is 7.72. The number of halogens is 1. The molecule has 0 radical (unpaired) electrons. The molecule has 2 aromatic heterocycles. The van der Waals surface area contributed by atoms with Gasteiger partial charge >= 0.3 is 12.1 Å². The predicted molar refractivity (Wildman–Crippen MR) is 131 cm³/mol. The van der Waals surface area contributed by atoms with Crippen LogP contribution in [0.2, 0.25) is 0 Å². The van der Waals surface area contributed by atoms with Gasteiger partial charge in [-0.05, 0) is 24.6 Å². The van der Waals surface area contributed by atoms with E-state index in [1.165, 1.54) is 21.9 Å². The number of aryl methyl sites for hydroxylation is 1. The van der Waals surface area contributed by atoms with Crippen LogP contribution in [0.3, 0.4) is 0 Å². The highest BCUT2D eigenvalue weighted by Crippen LogP contribution is 2.34. The lowest BCUT2D eigenvalue weighted by Crippen LogP contribution is -2.46. The summed E-state index contributed by atoms with van der Waals surface area (Å²) in [4.78, 5) is 37.1. The van der Waals surface area contributed by atoms with Gasteiger partial charge in [-0.1, -0.05) is 25.9 Å². The smallest absolute Gasteiger partial charge is 0.330 e. The minimum Gasteiger partial charge on any atom is -0.359 e. The summed E-state index contributed by atoms with van der Waals surface area (Å²) in [7, 11) is 3.30. The molecule has 184 valence electrons. The maximum atomic E-state index is 14.7. The average molecular weight is 483 g/mol. The molecule has 35 heavy (non-hydrogen) atoms. The number of fused-ring (bicyclic) bond motifs is 1. The Kier molecular flexibility index (Phi) is 6.05. The van der Waals surface area contributed by atoms with Gasteiger partial charge in [-0.25, -0.2) is 19.0 Å². The maximum Gasteiger partial charge on any atom is 0.330 e. The van der Waals surface area contributed by atoms with Crippen molar-refractivity contribution in [2.24, 2.45) is 0 Å². The Morgan fingerprint density at radius 2 is 1.94 bits per heavy atom. The molecule has 0 spiro atoms. The first-order valence-electron chi connectivity index (χ1n) is 10.9. The first-order valence-corrected chi connectivity index (χ1v) is 10.9. The van der Waals surface area contributed by atoms with Gasteiger partial charge in [0, 0.05) is 37.3 Å². The van der Waals surface area contributed by atoms with Crippen molar-refractivity contribution >= 4 is 41.0 Å². The molecule has 3 N–H and O–H groups in total.